The van der Waals surface area contributed by atoms with Crippen molar-refractivity contribution >= 4 is 15.9 Å². The van der Waals surface area contributed by atoms with Gasteiger partial charge in [0.25, 0.3) is 0 Å². The Morgan fingerprint density at radius 1 is 1.57 bits per heavy atom. The van der Waals surface area contributed by atoms with Crippen LogP contribution in [0.4, 0.5) is 4.39 Å². The number of hydrogen-bond donors (Lipinski definition) is 1. The molecule has 14 heavy (non-hydrogen) atoms. The molecule has 0 saturated carbocycles. The predicted octanol–water partition coefficient (Wildman–Crippen LogP) is 2.26. The number of aliphatic hydroxyl groups is 1. The third-order valence-electron chi connectivity index (χ3n) is 1.88. The van der Waals surface area contributed by atoms with E-state index in [0.717, 1.165) is 4.47 Å². The van der Waals surface area contributed by atoms with Gasteiger partial charge in [-0.3, -0.25) is 0 Å². The van der Waals surface area contributed by atoms with Crippen LogP contribution in [0.15, 0.2) is 22.7 Å². The molecule has 74 valence electrons. The van der Waals surface area contributed by atoms with Gasteiger partial charge < -0.3 is 5.11 Å². The van der Waals surface area contributed by atoms with E-state index >= 15 is 0 Å². The van der Waals surface area contributed by atoms with Crippen LogP contribution in [0.3, 0.4) is 0 Å². The molecule has 1 aromatic carbocycles. The van der Waals surface area contributed by atoms with Crippen molar-refractivity contribution in [1.29, 1.82) is 5.26 Å². The predicted molar refractivity (Wildman–Crippen MR) is 54.0 cm³/mol. The van der Waals surface area contributed by atoms with E-state index in [1.54, 1.807) is 6.07 Å². The number of aliphatic hydroxyl groups excluding tert-OH is 1. The van der Waals surface area contributed by atoms with Gasteiger partial charge in [0.15, 0.2) is 0 Å². The highest BCUT2D eigenvalue weighted by Crippen LogP contribution is 2.20. The van der Waals surface area contributed by atoms with Gasteiger partial charge >= 0.3 is 0 Å². The first-order valence-electron chi connectivity index (χ1n) is 4.11. The molecule has 1 N–H and O–H groups in total. The summed E-state index contributed by atoms with van der Waals surface area (Å²) in [6.45, 7) is -0.209. The Morgan fingerprint density at radius 2 is 2.29 bits per heavy atom. The molecule has 0 heterocycles. The molecule has 1 unspecified atom stereocenters. The second kappa shape index (κ2) is 5.08. The Labute approximate surface area is 90.1 Å². The van der Waals surface area contributed by atoms with Crippen molar-refractivity contribution in [3.8, 4) is 6.07 Å². The van der Waals surface area contributed by atoms with Crippen molar-refractivity contribution < 1.29 is 9.50 Å². The molecule has 1 atom stereocenters. The number of halogens is 2. The molecule has 1 rings (SSSR count). The first-order chi connectivity index (χ1) is 6.67. The largest absolute Gasteiger partial charge is 0.395 e. The van der Waals surface area contributed by atoms with E-state index in [1.165, 1.54) is 12.1 Å². The summed E-state index contributed by atoms with van der Waals surface area (Å²) in [5.41, 5.74) is 0.700. The van der Waals surface area contributed by atoms with Gasteiger partial charge in [-0.2, -0.15) is 5.26 Å². The zero-order valence-electron chi connectivity index (χ0n) is 7.37. The lowest BCUT2D eigenvalue weighted by Crippen LogP contribution is -2.07. The number of rotatable bonds is 3. The molecule has 0 saturated heterocycles. The van der Waals surface area contributed by atoms with Gasteiger partial charge in [-0.1, -0.05) is 15.9 Å². The number of nitrogens with zero attached hydrogens (tertiary/aromatic N) is 1. The topological polar surface area (TPSA) is 44.0 Å². The molecule has 0 aromatic heterocycles. The zero-order valence-corrected chi connectivity index (χ0v) is 8.96. The highest BCUT2D eigenvalue weighted by atomic mass is 79.9. The highest BCUT2D eigenvalue weighted by Gasteiger charge is 2.10. The molecule has 0 aliphatic carbocycles. The summed E-state index contributed by atoms with van der Waals surface area (Å²) < 4.78 is 13.6. The Balaban J connectivity index is 2.86. The molecule has 1 aromatic rings. The summed E-state index contributed by atoms with van der Waals surface area (Å²) >= 11 is 3.26. The van der Waals surface area contributed by atoms with Crippen LogP contribution in [0.2, 0.25) is 0 Å². The Bertz CT molecular complexity index is 362. The standard InChI is InChI=1S/C10H9BrFNO/c11-10-2-1-9(12)4-8(10)3-7(5-13)6-14/h1-2,4,7,14H,3,6H2. The molecule has 0 spiro atoms. The molecule has 0 bridgehead atoms. The van der Waals surface area contributed by atoms with Crippen molar-refractivity contribution in [2.45, 2.75) is 6.42 Å². The average molecular weight is 258 g/mol. The van der Waals surface area contributed by atoms with Crippen molar-refractivity contribution in [3.63, 3.8) is 0 Å². The fourth-order valence-electron chi connectivity index (χ4n) is 1.12. The molecule has 0 amide bonds. The molecule has 4 heteroatoms. The number of hydrogen-bond acceptors (Lipinski definition) is 2. The lowest BCUT2D eigenvalue weighted by Gasteiger charge is -2.07. The van der Waals surface area contributed by atoms with Crippen LogP contribution >= 0.6 is 15.9 Å². The van der Waals surface area contributed by atoms with Crippen LogP contribution in [-0.4, -0.2) is 11.7 Å². The average Bonchev–Trinajstić information content (AvgIpc) is 2.19. The summed E-state index contributed by atoms with van der Waals surface area (Å²) in [5.74, 6) is -0.814. The van der Waals surface area contributed by atoms with Gasteiger partial charge in [0, 0.05) is 4.47 Å². The summed E-state index contributed by atoms with van der Waals surface area (Å²) in [4.78, 5) is 0. The third-order valence-corrected chi connectivity index (χ3v) is 2.65. The van der Waals surface area contributed by atoms with Crippen molar-refractivity contribution in [1.82, 2.24) is 0 Å². The van der Waals surface area contributed by atoms with E-state index in [4.69, 9.17) is 10.4 Å². The van der Waals surface area contributed by atoms with Crippen LogP contribution in [0.1, 0.15) is 5.56 Å². The quantitative estimate of drug-likeness (QED) is 0.903. The van der Waals surface area contributed by atoms with E-state index in [9.17, 15) is 4.39 Å². The Hall–Kier alpha value is -0.920. The second-order valence-corrected chi connectivity index (χ2v) is 3.80. The lowest BCUT2D eigenvalue weighted by atomic mass is 10.0. The number of nitriles is 1. The van der Waals surface area contributed by atoms with Gasteiger partial charge in [-0.15, -0.1) is 0 Å². The third kappa shape index (κ3) is 2.79. The fourth-order valence-corrected chi connectivity index (χ4v) is 1.52. The van der Waals surface area contributed by atoms with E-state index in [2.05, 4.69) is 15.9 Å². The molecular formula is C10H9BrFNO. The van der Waals surface area contributed by atoms with E-state index in [1.807, 2.05) is 6.07 Å². The molecule has 2 nitrogen and oxygen atoms in total. The van der Waals surface area contributed by atoms with Crippen molar-refractivity contribution in [2.75, 3.05) is 6.61 Å². The first-order valence-corrected chi connectivity index (χ1v) is 4.91. The maximum atomic E-state index is 12.8. The lowest BCUT2D eigenvalue weighted by molar-refractivity contribution is 0.255. The summed E-state index contributed by atoms with van der Waals surface area (Å²) in [6, 6.07) is 6.25. The second-order valence-electron chi connectivity index (χ2n) is 2.95. The van der Waals surface area contributed by atoms with Gasteiger partial charge in [0.1, 0.15) is 5.82 Å². The summed E-state index contributed by atoms with van der Waals surface area (Å²) in [5, 5.41) is 17.4. The normalized spacial score (nSPS) is 12.1. The molecule has 0 aliphatic rings. The van der Waals surface area contributed by atoms with Crippen molar-refractivity contribution in [2.24, 2.45) is 5.92 Å². The van der Waals surface area contributed by atoms with E-state index in [0.29, 0.717) is 12.0 Å². The van der Waals surface area contributed by atoms with Gasteiger partial charge in [0.05, 0.1) is 18.6 Å². The van der Waals surface area contributed by atoms with Crippen LogP contribution < -0.4 is 0 Å². The summed E-state index contributed by atoms with van der Waals surface area (Å²) in [6.07, 6.45) is 0.353. The Kier molecular flexibility index (Phi) is 4.05. The fraction of sp³-hybridized carbons (Fsp3) is 0.300. The van der Waals surface area contributed by atoms with Crippen LogP contribution in [0, 0.1) is 23.1 Å². The Morgan fingerprint density at radius 3 is 2.86 bits per heavy atom. The maximum absolute atomic E-state index is 12.8. The minimum absolute atomic E-state index is 0.209. The number of benzene rings is 1. The van der Waals surface area contributed by atoms with Crippen LogP contribution in [0.5, 0.6) is 0 Å². The SMILES string of the molecule is N#CC(CO)Cc1cc(F)ccc1Br. The summed E-state index contributed by atoms with van der Waals surface area (Å²) in [7, 11) is 0. The highest BCUT2D eigenvalue weighted by molar-refractivity contribution is 9.10. The minimum Gasteiger partial charge on any atom is -0.395 e. The van der Waals surface area contributed by atoms with E-state index in [-0.39, 0.29) is 12.4 Å². The zero-order chi connectivity index (χ0) is 10.6. The van der Waals surface area contributed by atoms with Gasteiger partial charge in [0.2, 0.25) is 0 Å². The molecular weight excluding hydrogens is 249 g/mol. The minimum atomic E-state index is -0.479. The van der Waals surface area contributed by atoms with Crippen molar-refractivity contribution in [3.05, 3.63) is 34.1 Å². The van der Waals surface area contributed by atoms with E-state index < -0.39 is 5.92 Å². The maximum Gasteiger partial charge on any atom is 0.123 e. The smallest absolute Gasteiger partial charge is 0.123 e. The monoisotopic (exact) mass is 257 g/mol. The van der Waals surface area contributed by atoms with Gasteiger partial charge in [-0.05, 0) is 30.2 Å². The van der Waals surface area contributed by atoms with Crippen LogP contribution in [-0.2, 0) is 6.42 Å². The van der Waals surface area contributed by atoms with Crippen LogP contribution in [0.25, 0.3) is 0 Å². The van der Waals surface area contributed by atoms with Gasteiger partial charge in [-0.25, -0.2) is 4.39 Å². The molecule has 0 radical (unpaired) electrons. The molecule has 0 aliphatic heterocycles. The first kappa shape index (κ1) is 11.2. The molecule has 0 fully saturated rings.